The van der Waals surface area contributed by atoms with E-state index in [4.69, 9.17) is 0 Å². The smallest absolute Gasteiger partial charge is 0.274 e. The third-order valence-corrected chi connectivity index (χ3v) is 4.57. The van der Waals surface area contributed by atoms with Gasteiger partial charge < -0.3 is 10.2 Å². The minimum Gasteiger partial charge on any atom is -0.337 e. The predicted molar refractivity (Wildman–Crippen MR) is 97.9 cm³/mol. The Kier molecular flexibility index (Phi) is 5.12. The van der Waals surface area contributed by atoms with Crippen LogP contribution in [0.15, 0.2) is 36.4 Å². The van der Waals surface area contributed by atoms with E-state index < -0.39 is 0 Å². The number of para-hydroxylation sites is 1. The summed E-state index contributed by atoms with van der Waals surface area (Å²) < 4.78 is 0. The molecule has 1 aromatic heterocycles. The van der Waals surface area contributed by atoms with Gasteiger partial charge in [-0.15, -0.1) is 0 Å². The number of carbonyl (C=O) groups excluding carboxylic acids is 2. The Balaban J connectivity index is 1.81. The summed E-state index contributed by atoms with van der Waals surface area (Å²) in [5.74, 6) is -0.391. The molecule has 0 atom stereocenters. The highest BCUT2D eigenvalue weighted by atomic mass is 16.2. The Morgan fingerprint density at radius 1 is 1.08 bits per heavy atom. The zero-order chi connectivity index (χ0) is 17.8. The lowest BCUT2D eigenvalue weighted by molar-refractivity contribution is 0.0787. The maximum Gasteiger partial charge on any atom is 0.274 e. The van der Waals surface area contributed by atoms with Gasteiger partial charge in [-0.1, -0.05) is 31.2 Å². The van der Waals surface area contributed by atoms with Crippen LogP contribution in [0.1, 0.15) is 51.9 Å². The van der Waals surface area contributed by atoms with Crippen LogP contribution >= 0.6 is 0 Å². The highest BCUT2D eigenvalue weighted by Crippen LogP contribution is 2.22. The second-order valence-electron chi connectivity index (χ2n) is 6.32. The molecule has 1 aliphatic rings. The van der Waals surface area contributed by atoms with Gasteiger partial charge in [0.15, 0.2) is 0 Å². The third kappa shape index (κ3) is 3.71. The molecule has 3 rings (SSSR count). The van der Waals surface area contributed by atoms with Crippen LogP contribution in [0.3, 0.4) is 0 Å². The van der Waals surface area contributed by atoms with Gasteiger partial charge in [-0.05, 0) is 49.4 Å². The van der Waals surface area contributed by atoms with Crippen LogP contribution < -0.4 is 5.32 Å². The van der Waals surface area contributed by atoms with Crippen molar-refractivity contribution in [1.82, 2.24) is 9.88 Å². The second-order valence-corrected chi connectivity index (χ2v) is 6.32. The molecule has 2 aromatic rings. The topological polar surface area (TPSA) is 62.3 Å². The number of hydrogen-bond acceptors (Lipinski definition) is 3. The minimum atomic E-state index is -0.292. The molecule has 2 amide bonds. The molecule has 25 heavy (non-hydrogen) atoms. The molecule has 1 aliphatic heterocycles. The van der Waals surface area contributed by atoms with Crippen LogP contribution in [0.5, 0.6) is 0 Å². The molecular formula is C20H23N3O2. The SMILES string of the molecule is CCc1cccc(C)c1NC(=O)c1cccc(C(=O)N2CCCC2)n1. The fourth-order valence-electron chi connectivity index (χ4n) is 3.14. The van der Waals surface area contributed by atoms with Crippen molar-refractivity contribution in [1.29, 1.82) is 0 Å². The quantitative estimate of drug-likeness (QED) is 0.929. The van der Waals surface area contributed by atoms with Crippen molar-refractivity contribution in [3.8, 4) is 0 Å². The van der Waals surface area contributed by atoms with Gasteiger partial charge in [0.25, 0.3) is 11.8 Å². The van der Waals surface area contributed by atoms with Crippen LogP contribution in [-0.2, 0) is 6.42 Å². The highest BCUT2D eigenvalue weighted by molar-refractivity contribution is 6.04. The summed E-state index contributed by atoms with van der Waals surface area (Å²) in [6.07, 6.45) is 2.89. The molecule has 0 unspecified atom stereocenters. The second kappa shape index (κ2) is 7.47. The van der Waals surface area contributed by atoms with Crippen LogP contribution in [0.25, 0.3) is 0 Å². The first kappa shape index (κ1) is 17.1. The Labute approximate surface area is 148 Å². The summed E-state index contributed by atoms with van der Waals surface area (Å²) in [6, 6.07) is 11.0. The summed E-state index contributed by atoms with van der Waals surface area (Å²) in [5.41, 5.74) is 3.51. The average molecular weight is 337 g/mol. The van der Waals surface area contributed by atoms with E-state index in [0.717, 1.165) is 49.2 Å². The number of nitrogens with zero attached hydrogens (tertiary/aromatic N) is 2. The number of rotatable bonds is 4. The monoisotopic (exact) mass is 337 g/mol. The van der Waals surface area contributed by atoms with E-state index in [-0.39, 0.29) is 17.5 Å². The minimum absolute atomic E-state index is 0.0997. The fourth-order valence-corrected chi connectivity index (χ4v) is 3.14. The summed E-state index contributed by atoms with van der Waals surface area (Å²) >= 11 is 0. The molecule has 1 aromatic carbocycles. The summed E-state index contributed by atoms with van der Waals surface area (Å²) in [7, 11) is 0. The molecular weight excluding hydrogens is 314 g/mol. The number of likely N-dealkylation sites (tertiary alicyclic amines) is 1. The van der Waals surface area contributed by atoms with Crippen LogP contribution in [-0.4, -0.2) is 34.8 Å². The van der Waals surface area contributed by atoms with E-state index in [1.165, 1.54) is 0 Å². The van der Waals surface area contributed by atoms with E-state index in [2.05, 4.69) is 17.2 Å². The van der Waals surface area contributed by atoms with E-state index in [1.54, 1.807) is 23.1 Å². The Bertz CT molecular complexity index is 795. The maximum atomic E-state index is 12.6. The van der Waals surface area contributed by atoms with Gasteiger partial charge in [0.1, 0.15) is 11.4 Å². The number of carbonyl (C=O) groups is 2. The lowest BCUT2D eigenvalue weighted by Gasteiger charge is -2.15. The van der Waals surface area contributed by atoms with Gasteiger partial charge in [0.05, 0.1) is 0 Å². The number of nitrogens with one attached hydrogen (secondary N) is 1. The Hall–Kier alpha value is -2.69. The number of aryl methyl sites for hydroxylation is 2. The molecule has 0 saturated carbocycles. The molecule has 5 heteroatoms. The summed E-state index contributed by atoms with van der Waals surface area (Å²) in [5, 5.41) is 2.96. The van der Waals surface area contributed by atoms with Gasteiger partial charge in [0.2, 0.25) is 0 Å². The summed E-state index contributed by atoms with van der Waals surface area (Å²) in [6.45, 7) is 5.55. The molecule has 2 heterocycles. The van der Waals surface area contributed by atoms with E-state index in [0.29, 0.717) is 5.69 Å². The number of amides is 2. The Morgan fingerprint density at radius 3 is 2.48 bits per heavy atom. The molecule has 1 N–H and O–H groups in total. The molecule has 1 fully saturated rings. The van der Waals surface area contributed by atoms with Crippen molar-refractivity contribution in [3.63, 3.8) is 0 Å². The molecule has 130 valence electrons. The van der Waals surface area contributed by atoms with Gasteiger partial charge >= 0.3 is 0 Å². The van der Waals surface area contributed by atoms with E-state index >= 15 is 0 Å². The summed E-state index contributed by atoms with van der Waals surface area (Å²) in [4.78, 5) is 31.2. The largest absolute Gasteiger partial charge is 0.337 e. The molecule has 0 spiro atoms. The van der Waals surface area contributed by atoms with Crippen LogP contribution in [0.4, 0.5) is 5.69 Å². The zero-order valence-corrected chi connectivity index (χ0v) is 14.7. The van der Waals surface area contributed by atoms with Gasteiger partial charge in [0, 0.05) is 18.8 Å². The molecule has 0 radical (unpaired) electrons. The van der Waals surface area contributed by atoms with Crippen LogP contribution in [0, 0.1) is 6.92 Å². The lowest BCUT2D eigenvalue weighted by atomic mass is 10.1. The first-order chi connectivity index (χ1) is 12.1. The number of hydrogen-bond donors (Lipinski definition) is 1. The first-order valence-corrected chi connectivity index (χ1v) is 8.76. The Morgan fingerprint density at radius 2 is 1.76 bits per heavy atom. The number of aromatic nitrogens is 1. The van der Waals surface area contributed by atoms with E-state index in [1.807, 2.05) is 25.1 Å². The van der Waals surface area contributed by atoms with Gasteiger partial charge in [-0.25, -0.2) is 4.98 Å². The van der Waals surface area contributed by atoms with E-state index in [9.17, 15) is 9.59 Å². The number of pyridine rings is 1. The first-order valence-electron chi connectivity index (χ1n) is 8.76. The molecule has 5 nitrogen and oxygen atoms in total. The molecule has 1 saturated heterocycles. The van der Waals surface area contributed by atoms with Crippen molar-refractivity contribution in [2.24, 2.45) is 0 Å². The third-order valence-electron chi connectivity index (χ3n) is 4.57. The maximum absolute atomic E-state index is 12.6. The van der Waals surface area contributed by atoms with Crippen molar-refractivity contribution in [2.75, 3.05) is 18.4 Å². The van der Waals surface area contributed by atoms with Crippen molar-refractivity contribution in [3.05, 3.63) is 58.9 Å². The van der Waals surface area contributed by atoms with Gasteiger partial charge in [-0.2, -0.15) is 0 Å². The van der Waals surface area contributed by atoms with Crippen molar-refractivity contribution >= 4 is 17.5 Å². The lowest BCUT2D eigenvalue weighted by Crippen LogP contribution is -2.29. The average Bonchev–Trinajstić information content (AvgIpc) is 3.17. The number of benzene rings is 1. The standard InChI is InChI=1S/C20H23N3O2/c1-3-15-9-6-8-14(2)18(15)22-19(24)16-10-7-11-17(21-16)20(25)23-12-4-5-13-23/h6-11H,3-5,12-13H2,1-2H3,(H,22,24). The highest BCUT2D eigenvalue weighted by Gasteiger charge is 2.21. The number of anilines is 1. The molecule has 0 bridgehead atoms. The van der Waals surface area contributed by atoms with Crippen LogP contribution in [0.2, 0.25) is 0 Å². The fraction of sp³-hybridized carbons (Fsp3) is 0.350. The van der Waals surface area contributed by atoms with Crippen molar-refractivity contribution < 1.29 is 9.59 Å². The van der Waals surface area contributed by atoms with Crippen molar-refractivity contribution in [2.45, 2.75) is 33.1 Å². The molecule has 0 aliphatic carbocycles. The predicted octanol–water partition coefficient (Wildman–Crippen LogP) is 3.44. The zero-order valence-electron chi connectivity index (χ0n) is 14.7. The van der Waals surface area contributed by atoms with Gasteiger partial charge in [-0.3, -0.25) is 9.59 Å². The normalized spacial score (nSPS) is 13.8.